The number of aromatic carboxylic acids is 1. The minimum Gasteiger partial charge on any atom is -0.477 e. The predicted octanol–water partition coefficient (Wildman–Crippen LogP) is 3.24. The largest absolute Gasteiger partial charge is 0.477 e. The molecule has 120 valence electrons. The van der Waals surface area contributed by atoms with Crippen LogP contribution in [0, 0.1) is 0 Å². The maximum Gasteiger partial charge on any atom is 0.345 e. The van der Waals surface area contributed by atoms with Gasteiger partial charge in [0.25, 0.3) is 0 Å². The van der Waals surface area contributed by atoms with E-state index in [1.54, 1.807) is 30.5 Å². The summed E-state index contributed by atoms with van der Waals surface area (Å²) >= 11 is 2.84. The molecule has 2 heterocycles. The van der Waals surface area contributed by atoms with Gasteiger partial charge in [-0.05, 0) is 43.5 Å². The van der Waals surface area contributed by atoms with Crippen LogP contribution in [0.3, 0.4) is 0 Å². The summed E-state index contributed by atoms with van der Waals surface area (Å²) in [7, 11) is 1.65. The maximum atomic E-state index is 12.0. The number of carboxylic acid groups (broad SMARTS) is 1. The van der Waals surface area contributed by atoms with Crippen molar-refractivity contribution in [1.29, 1.82) is 0 Å². The summed E-state index contributed by atoms with van der Waals surface area (Å²) in [6.07, 6.45) is 6.57. The first kappa shape index (κ1) is 15.9. The summed E-state index contributed by atoms with van der Waals surface area (Å²) in [5, 5.41) is 12.5. The molecule has 0 saturated heterocycles. The maximum absolute atomic E-state index is 12.0. The van der Waals surface area contributed by atoms with Crippen molar-refractivity contribution < 1.29 is 14.7 Å². The van der Waals surface area contributed by atoms with Crippen LogP contribution in [0.25, 0.3) is 12.2 Å². The third-order valence-electron chi connectivity index (χ3n) is 3.76. The molecule has 0 fully saturated rings. The van der Waals surface area contributed by atoms with E-state index in [4.69, 9.17) is 5.11 Å². The molecule has 0 spiro atoms. The van der Waals surface area contributed by atoms with Gasteiger partial charge < -0.3 is 10.4 Å². The molecule has 0 aliphatic heterocycles. The normalized spacial score (nSPS) is 17.2. The van der Waals surface area contributed by atoms with Gasteiger partial charge in [-0.1, -0.05) is 0 Å². The molecule has 23 heavy (non-hydrogen) atoms. The molecule has 7 heteroatoms. The fraction of sp³-hybridized carbons (Fsp3) is 0.312. The molecular formula is C16H16N2O3S2. The molecule has 1 aliphatic rings. The molecular weight excluding hydrogens is 332 g/mol. The van der Waals surface area contributed by atoms with E-state index in [1.807, 2.05) is 12.2 Å². The average molecular weight is 348 g/mol. The molecule has 1 unspecified atom stereocenters. The monoisotopic (exact) mass is 348 g/mol. The van der Waals surface area contributed by atoms with Crippen LogP contribution in [0.5, 0.6) is 0 Å². The van der Waals surface area contributed by atoms with Crippen molar-refractivity contribution in [3.63, 3.8) is 0 Å². The number of carbonyl (C=O) groups is 2. The molecule has 2 aromatic rings. The first-order chi connectivity index (χ1) is 11.1. The summed E-state index contributed by atoms with van der Waals surface area (Å²) in [5.74, 6) is -1.04. The van der Waals surface area contributed by atoms with E-state index < -0.39 is 5.97 Å². The third kappa shape index (κ3) is 3.35. The first-order valence-electron chi connectivity index (χ1n) is 7.31. The van der Waals surface area contributed by atoms with Gasteiger partial charge in [-0.25, -0.2) is 9.78 Å². The Balaban J connectivity index is 1.81. The number of thiazole rings is 1. The molecule has 0 radical (unpaired) electrons. The average Bonchev–Trinajstić information content (AvgIpc) is 3.18. The Morgan fingerprint density at radius 1 is 1.35 bits per heavy atom. The van der Waals surface area contributed by atoms with Crippen LogP contribution in [0.4, 0.5) is 0 Å². The number of carboxylic acids is 1. The van der Waals surface area contributed by atoms with E-state index in [0.29, 0.717) is 4.88 Å². The van der Waals surface area contributed by atoms with Gasteiger partial charge in [-0.3, -0.25) is 4.79 Å². The van der Waals surface area contributed by atoms with Crippen molar-refractivity contribution in [3.8, 4) is 0 Å². The van der Waals surface area contributed by atoms with Gasteiger partial charge >= 0.3 is 5.97 Å². The zero-order valence-corrected chi connectivity index (χ0v) is 14.2. The highest BCUT2D eigenvalue weighted by Crippen LogP contribution is 2.35. The van der Waals surface area contributed by atoms with Crippen molar-refractivity contribution in [3.05, 3.63) is 37.5 Å². The van der Waals surface area contributed by atoms with E-state index >= 15 is 0 Å². The lowest BCUT2D eigenvalue weighted by Gasteiger charge is -2.19. The fourth-order valence-electron chi connectivity index (χ4n) is 2.65. The van der Waals surface area contributed by atoms with Crippen LogP contribution in [-0.4, -0.2) is 29.0 Å². The topological polar surface area (TPSA) is 79.3 Å². The van der Waals surface area contributed by atoms with Crippen molar-refractivity contribution in [2.75, 3.05) is 7.05 Å². The van der Waals surface area contributed by atoms with Gasteiger partial charge in [-0.2, -0.15) is 0 Å². The van der Waals surface area contributed by atoms with Crippen LogP contribution in [0.15, 0.2) is 12.1 Å². The van der Waals surface area contributed by atoms with E-state index in [2.05, 4.69) is 10.3 Å². The molecule has 2 aromatic heterocycles. The number of amides is 1. The lowest BCUT2D eigenvalue weighted by atomic mass is 9.90. The molecule has 5 nitrogen and oxygen atoms in total. The number of aromatic nitrogens is 1. The standard InChI is InChI=1S/C16H16N2O3S2/c1-17-15(19)10-3-2-4-11-14(10)18-13(23-11)8-6-9-5-7-12(22-9)16(20)21/h5-8,10H,2-4H2,1H3,(H,17,19)(H,20,21). The number of carbonyl (C=O) groups excluding carboxylic acids is 1. The number of fused-ring (bicyclic) bond motifs is 1. The van der Waals surface area contributed by atoms with E-state index in [1.165, 1.54) is 16.2 Å². The van der Waals surface area contributed by atoms with Gasteiger partial charge in [0.15, 0.2) is 0 Å². The van der Waals surface area contributed by atoms with E-state index in [0.717, 1.165) is 34.8 Å². The van der Waals surface area contributed by atoms with Gasteiger partial charge in [0, 0.05) is 16.8 Å². The van der Waals surface area contributed by atoms with Crippen LogP contribution >= 0.6 is 22.7 Å². The Bertz CT molecular complexity index is 776. The Morgan fingerprint density at radius 3 is 2.87 bits per heavy atom. The second kappa shape index (κ2) is 6.64. The molecule has 0 saturated carbocycles. The zero-order valence-electron chi connectivity index (χ0n) is 12.5. The van der Waals surface area contributed by atoms with Gasteiger partial charge in [-0.15, -0.1) is 22.7 Å². The first-order valence-corrected chi connectivity index (χ1v) is 8.94. The van der Waals surface area contributed by atoms with Crippen molar-refractivity contribution in [2.24, 2.45) is 0 Å². The minimum absolute atomic E-state index is 0.0242. The van der Waals surface area contributed by atoms with E-state index in [-0.39, 0.29) is 11.8 Å². The fourth-order valence-corrected chi connectivity index (χ4v) is 4.47. The second-order valence-corrected chi connectivity index (χ2v) is 7.49. The number of hydrogen-bond donors (Lipinski definition) is 2. The predicted molar refractivity (Wildman–Crippen MR) is 92.1 cm³/mol. The summed E-state index contributed by atoms with van der Waals surface area (Å²) in [6, 6.07) is 3.38. The molecule has 0 bridgehead atoms. The summed E-state index contributed by atoms with van der Waals surface area (Å²) in [5.41, 5.74) is 0.901. The molecule has 1 aliphatic carbocycles. The quantitative estimate of drug-likeness (QED) is 0.889. The smallest absolute Gasteiger partial charge is 0.345 e. The Hall–Kier alpha value is -1.99. The van der Waals surface area contributed by atoms with Crippen LogP contribution in [0.2, 0.25) is 0 Å². The van der Waals surface area contributed by atoms with Crippen LogP contribution < -0.4 is 5.32 Å². The number of likely N-dealkylation sites (N-methyl/N-ethyl adjacent to an activating group) is 1. The summed E-state index contributed by atoms with van der Waals surface area (Å²) in [6.45, 7) is 0. The second-order valence-electron chi connectivity index (χ2n) is 5.26. The Morgan fingerprint density at radius 2 is 2.17 bits per heavy atom. The molecule has 1 atom stereocenters. The van der Waals surface area contributed by atoms with E-state index in [9.17, 15) is 9.59 Å². The third-order valence-corrected chi connectivity index (χ3v) is 5.90. The number of nitrogens with one attached hydrogen (secondary N) is 1. The van der Waals surface area contributed by atoms with Gasteiger partial charge in [0.05, 0.1) is 11.6 Å². The van der Waals surface area contributed by atoms with Gasteiger partial charge in [0.2, 0.25) is 5.91 Å². The molecule has 3 rings (SSSR count). The van der Waals surface area contributed by atoms with Crippen LogP contribution in [-0.2, 0) is 11.2 Å². The highest BCUT2D eigenvalue weighted by molar-refractivity contribution is 7.15. The zero-order chi connectivity index (χ0) is 16.4. The Kier molecular flexibility index (Phi) is 4.58. The SMILES string of the molecule is CNC(=O)C1CCCc2sc(C=Cc3ccc(C(=O)O)s3)nc21. The lowest BCUT2D eigenvalue weighted by molar-refractivity contribution is -0.122. The summed E-state index contributed by atoms with van der Waals surface area (Å²) < 4.78 is 0. The van der Waals surface area contributed by atoms with Crippen molar-refractivity contribution in [2.45, 2.75) is 25.2 Å². The molecule has 2 N–H and O–H groups in total. The number of rotatable bonds is 4. The summed E-state index contributed by atoms with van der Waals surface area (Å²) in [4.78, 5) is 29.8. The number of thiophene rings is 1. The highest BCUT2D eigenvalue weighted by atomic mass is 32.1. The number of aryl methyl sites for hydroxylation is 1. The lowest BCUT2D eigenvalue weighted by Crippen LogP contribution is -2.28. The number of nitrogens with zero attached hydrogens (tertiary/aromatic N) is 1. The van der Waals surface area contributed by atoms with Crippen molar-refractivity contribution in [1.82, 2.24) is 10.3 Å². The molecule has 1 amide bonds. The molecule has 0 aromatic carbocycles. The van der Waals surface area contributed by atoms with Gasteiger partial charge in [0.1, 0.15) is 9.88 Å². The van der Waals surface area contributed by atoms with Crippen molar-refractivity contribution >= 4 is 46.7 Å². The highest BCUT2D eigenvalue weighted by Gasteiger charge is 2.29. The van der Waals surface area contributed by atoms with Crippen LogP contribution in [0.1, 0.15) is 48.9 Å². The number of hydrogen-bond acceptors (Lipinski definition) is 5. The minimum atomic E-state index is -0.909. The Labute approximate surface area is 141 Å².